The number of piperazine rings is 1. The molecule has 2 saturated heterocycles. The normalized spacial score (nSPS) is 36.6. The summed E-state index contributed by atoms with van der Waals surface area (Å²) in [6.45, 7) is 1.82. The molecule has 4 heteroatoms. The van der Waals surface area contributed by atoms with Gasteiger partial charge in [-0.3, -0.25) is 4.90 Å². The SMILES string of the molecule is CN1CC2CC1CN2C(N)=O. The van der Waals surface area contributed by atoms with Crippen LogP contribution in [0.1, 0.15) is 6.42 Å². The first kappa shape index (κ1) is 6.91. The van der Waals surface area contributed by atoms with Crippen LogP contribution in [0.5, 0.6) is 0 Å². The molecular formula is C7H13N3O. The van der Waals surface area contributed by atoms with E-state index in [0.717, 1.165) is 19.5 Å². The number of fused-ring (bicyclic) bond motifs is 2. The van der Waals surface area contributed by atoms with Gasteiger partial charge in [0.15, 0.2) is 0 Å². The van der Waals surface area contributed by atoms with Gasteiger partial charge in [-0.2, -0.15) is 0 Å². The largest absolute Gasteiger partial charge is 0.351 e. The van der Waals surface area contributed by atoms with Crippen molar-refractivity contribution in [3.8, 4) is 0 Å². The van der Waals surface area contributed by atoms with Crippen LogP contribution in [0, 0.1) is 0 Å². The van der Waals surface area contributed by atoms with E-state index in [0.29, 0.717) is 12.1 Å². The number of likely N-dealkylation sites (N-methyl/N-ethyl adjacent to an activating group) is 1. The summed E-state index contributed by atoms with van der Waals surface area (Å²) in [5.74, 6) is 0. The first-order valence-corrected chi connectivity index (χ1v) is 3.95. The van der Waals surface area contributed by atoms with Crippen molar-refractivity contribution in [3.05, 3.63) is 0 Å². The molecule has 2 amide bonds. The molecule has 0 aliphatic carbocycles. The van der Waals surface area contributed by atoms with Crippen LogP contribution in [-0.4, -0.2) is 48.1 Å². The lowest BCUT2D eigenvalue weighted by Gasteiger charge is -2.30. The fourth-order valence-corrected chi connectivity index (χ4v) is 2.14. The Bertz CT molecular complexity index is 192. The molecule has 2 fully saturated rings. The van der Waals surface area contributed by atoms with Crippen molar-refractivity contribution in [3.63, 3.8) is 0 Å². The summed E-state index contributed by atoms with van der Waals surface area (Å²) in [6, 6.07) is 0.695. The molecule has 2 N–H and O–H groups in total. The number of likely N-dealkylation sites (tertiary alicyclic amines) is 2. The minimum Gasteiger partial charge on any atom is -0.351 e. The zero-order chi connectivity index (χ0) is 8.01. The first-order chi connectivity index (χ1) is 5.18. The maximum Gasteiger partial charge on any atom is 0.315 e. The molecule has 2 unspecified atom stereocenters. The summed E-state index contributed by atoms with van der Waals surface area (Å²) >= 11 is 0. The van der Waals surface area contributed by atoms with Crippen molar-refractivity contribution in [1.82, 2.24) is 9.80 Å². The molecule has 2 heterocycles. The fourth-order valence-electron chi connectivity index (χ4n) is 2.14. The third-order valence-electron chi connectivity index (χ3n) is 2.80. The molecule has 2 rings (SSSR count). The Morgan fingerprint density at radius 3 is 2.55 bits per heavy atom. The molecule has 11 heavy (non-hydrogen) atoms. The molecule has 2 atom stereocenters. The second-order valence-corrected chi connectivity index (χ2v) is 3.47. The highest BCUT2D eigenvalue weighted by atomic mass is 16.2. The van der Waals surface area contributed by atoms with Gasteiger partial charge >= 0.3 is 6.03 Å². The van der Waals surface area contributed by atoms with Gasteiger partial charge in [0, 0.05) is 25.2 Å². The van der Waals surface area contributed by atoms with Crippen LogP contribution < -0.4 is 5.73 Å². The van der Waals surface area contributed by atoms with E-state index in [1.54, 1.807) is 4.90 Å². The number of nitrogens with zero attached hydrogens (tertiary/aromatic N) is 2. The molecule has 0 aromatic carbocycles. The minimum atomic E-state index is -0.259. The molecule has 0 aromatic rings. The number of carbonyl (C=O) groups excluding carboxylic acids is 1. The summed E-state index contributed by atoms with van der Waals surface area (Å²) in [7, 11) is 2.10. The van der Waals surface area contributed by atoms with Gasteiger partial charge in [-0.05, 0) is 13.5 Å². The maximum absolute atomic E-state index is 10.8. The van der Waals surface area contributed by atoms with E-state index >= 15 is 0 Å². The van der Waals surface area contributed by atoms with Crippen LogP contribution in [0.25, 0.3) is 0 Å². The van der Waals surface area contributed by atoms with Gasteiger partial charge in [0.1, 0.15) is 0 Å². The number of nitrogens with two attached hydrogens (primary N) is 1. The average Bonchev–Trinajstić information content (AvgIpc) is 2.43. The van der Waals surface area contributed by atoms with Crippen LogP contribution in [0.2, 0.25) is 0 Å². The molecule has 0 radical (unpaired) electrons. The van der Waals surface area contributed by atoms with Crippen LogP contribution in [0.4, 0.5) is 4.79 Å². The van der Waals surface area contributed by atoms with E-state index in [1.165, 1.54) is 0 Å². The van der Waals surface area contributed by atoms with E-state index in [1.807, 2.05) is 0 Å². The predicted octanol–water partition coefficient (Wildman–Crippen LogP) is -0.547. The Labute approximate surface area is 65.9 Å². The zero-order valence-corrected chi connectivity index (χ0v) is 6.66. The third kappa shape index (κ3) is 0.894. The number of rotatable bonds is 0. The Morgan fingerprint density at radius 2 is 2.18 bits per heavy atom. The lowest BCUT2D eigenvalue weighted by molar-refractivity contribution is 0.158. The number of hydrogen-bond donors (Lipinski definition) is 1. The van der Waals surface area contributed by atoms with E-state index in [-0.39, 0.29) is 6.03 Å². The van der Waals surface area contributed by atoms with Gasteiger partial charge in [0.25, 0.3) is 0 Å². The van der Waals surface area contributed by atoms with E-state index in [4.69, 9.17) is 5.73 Å². The Morgan fingerprint density at radius 1 is 1.45 bits per heavy atom. The first-order valence-electron chi connectivity index (χ1n) is 3.95. The van der Waals surface area contributed by atoms with E-state index in [2.05, 4.69) is 11.9 Å². The Hall–Kier alpha value is -0.770. The number of urea groups is 1. The number of amides is 2. The molecule has 0 spiro atoms. The molecule has 0 aromatic heterocycles. The van der Waals surface area contributed by atoms with Crippen LogP contribution in [0.15, 0.2) is 0 Å². The second-order valence-electron chi connectivity index (χ2n) is 3.47. The van der Waals surface area contributed by atoms with Crippen molar-refractivity contribution < 1.29 is 4.79 Å². The lowest BCUT2D eigenvalue weighted by atomic mass is 10.2. The Balaban J connectivity index is 2.08. The second kappa shape index (κ2) is 2.11. The molecular weight excluding hydrogens is 142 g/mol. The average molecular weight is 155 g/mol. The molecule has 4 nitrogen and oxygen atoms in total. The molecule has 0 saturated carbocycles. The van der Waals surface area contributed by atoms with Crippen LogP contribution in [-0.2, 0) is 0 Å². The van der Waals surface area contributed by atoms with Crippen molar-refractivity contribution in [1.29, 1.82) is 0 Å². The number of primary amides is 1. The predicted molar refractivity (Wildman–Crippen MR) is 41.1 cm³/mol. The van der Waals surface area contributed by atoms with E-state index in [9.17, 15) is 4.79 Å². The van der Waals surface area contributed by atoms with Gasteiger partial charge in [0.05, 0.1) is 0 Å². The van der Waals surface area contributed by atoms with Crippen LogP contribution >= 0.6 is 0 Å². The number of hydrogen-bond acceptors (Lipinski definition) is 2. The quantitative estimate of drug-likeness (QED) is 0.510. The fraction of sp³-hybridized carbons (Fsp3) is 0.857. The van der Waals surface area contributed by atoms with Gasteiger partial charge < -0.3 is 10.6 Å². The number of carbonyl (C=O) groups is 1. The van der Waals surface area contributed by atoms with Crippen LogP contribution in [0.3, 0.4) is 0 Å². The Kier molecular flexibility index (Phi) is 1.32. The van der Waals surface area contributed by atoms with E-state index < -0.39 is 0 Å². The van der Waals surface area contributed by atoms with Crippen molar-refractivity contribution >= 4 is 6.03 Å². The highest BCUT2D eigenvalue weighted by Gasteiger charge is 2.42. The molecule has 2 aliphatic rings. The standard InChI is InChI=1S/C7H13N3O/c1-9-3-6-2-5(9)4-10(6)7(8)11/h5-6H,2-4H2,1H3,(H2,8,11). The summed E-state index contributed by atoms with van der Waals surface area (Å²) in [5, 5.41) is 0. The van der Waals surface area contributed by atoms with Crippen molar-refractivity contribution in [2.24, 2.45) is 5.73 Å². The van der Waals surface area contributed by atoms with Crippen molar-refractivity contribution in [2.75, 3.05) is 20.1 Å². The van der Waals surface area contributed by atoms with Gasteiger partial charge in [-0.25, -0.2) is 4.79 Å². The topological polar surface area (TPSA) is 49.6 Å². The third-order valence-corrected chi connectivity index (χ3v) is 2.80. The zero-order valence-electron chi connectivity index (χ0n) is 6.66. The maximum atomic E-state index is 10.8. The highest BCUT2D eigenvalue weighted by molar-refractivity contribution is 5.73. The molecule has 2 bridgehead atoms. The summed E-state index contributed by atoms with van der Waals surface area (Å²) in [4.78, 5) is 14.9. The smallest absolute Gasteiger partial charge is 0.315 e. The summed E-state index contributed by atoms with van der Waals surface area (Å²) in [6.07, 6.45) is 1.11. The monoisotopic (exact) mass is 155 g/mol. The minimum absolute atomic E-state index is 0.259. The summed E-state index contributed by atoms with van der Waals surface area (Å²) in [5.41, 5.74) is 5.20. The van der Waals surface area contributed by atoms with Gasteiger partial charge in [-0.15, -0.1) is 0 Å². The summed E-state index contributed by atoms with van der Waals surface area (Å²) < 4.78 is 0. The lowest BCUT2D eigenvalue weighted by Crippen LogP contribution is -2.49. The van der Waals surface area contributed by atoms with Gasteiger partial charge in [-0.1, -0.05) is 0 Å². The van der Waals surface area contributed by atoms with Gasteiger partial charge in [0.2, 0.25) is 0 Å². The highest BCUT2D eigenvalue weighted by Crippen LogP contribution is 2.28. The van der Waals surface area contributed by atoms with Crippen molar-refractivity contribution in [2.45, 2.75) is 18.5 Å². The molecule has 62 valence electrons. The molecule has 2 aliphatic heterocycles.